The average Bonchev–Trinajstić information content (AvgIpc) is 3.68. The predicted octanol–water partition coefficient (Wildman–Crippen LogP) is 5.38. The molecule has 1 aliphatic carbocycles. The van der Waals surface area contributed by atoms with E-state index >= 15 is 0 Å². The molecule has 2 aliphatic heterocycles. The second-order valence-corrected chi connectivity index (χ2v) is 13.9. The summed E-state index contributed by atoms with van der Waals surface area (Å²) in [5.41, 5.74) is 3.66. The fourth-order valence-electron chi connectivity index (χ4n) is 6.84. The van der Waals surface area contributed by atoms with Gasteiger partial charge in [-0.3, -0.25) is 29.4 Å². The second kappa shape index (κ2) is 13.3. The van der Waals surface area contributed by atoms with Crippen LogP contribution in [0, 0.1) is 6.92 Å². The highest BCUT2D eigenvalue weighted by atomic mass is 16.5. The van der Waals surface area contributed by atoms with Crippen LogP contribution in [0.5, 0.6) is 17.4 Å². The quantitative estimate of drug-likeness (QED) is 0.177. The number of carbonyl (C=O) groups excluding carboxylic acids is 4. The first-order valence-electron chi connectivity index (χ1n) is 17.3. The summed E-state index contributed by atoms with van der Waals surface area (Å²) in [6.45, 7) is 6.04. The van der Waals surface area contributed by atoms with Crippen molar-refractivity contribution in [2.45, 2.75) is 70.1 Å². The van der Waals surface area contributed by atoms with Crippen LogP contribution < -0.4 is 20.1 Å². The number of anilines is 1. The fourth-order valence-corrected chi connectivity index (χ4v) is 6.84. The van der Waals surface area contributed by atoms with Gasteiger partial charge in [-0.25, -0.2) is 0 Å². The van der Waals surface area contributed by atoms with Crippen molar-refractivity contribution in [3.63, 3.8) is 0 Å². The molecule has 1 saturated carbocycles. The summed E-state index contributed by atoms with van der Waals surface area (Å²) in [4.78, 5) is 55.2. The minimum absolute atomic E-state index is 0.0311. The van der Waals surface area contributed by atoms with Gasteiger partial charge in [0.2, 0.25) is 29.4 Å². The van der Waals surface area contributed by atoms with Crippen LogP contribution in [-0.4, -0.2) is 67.1 Å². The van der Waals surface area contributed by atoms with Gasteiger partial charge in [0.25, 0.3) is 11.8 Å². The molecule has 268 valence electrons. The van der Waals surface area contributed by atoms with Crippen LogP contribution in [0.15, 0.2) is 83.4 Å². The third-order valence-electron chi connectivity index (χ3n) is 9.98. The molecule has 2 aromatic heterocycles. The molecule has 53 heavy (non-hydrogen) atoms. The first-order chi connectivity index (χ1) is 25.5. The summed E-state index contributed by atoms with van der Waals surface area (Å²) in [7, 11) is 0. The number of hydrogen-bond acceptors (Lipinski definition) is 12. The topological polar surface area (TPSA) is 179 Å². The largest absolute Gasteiger partial charge is 0.490 e. The number of piperidine rings is 1. The molecule has 3 aromatic carbocycles. The van der Waals surface area contributed by atoms with Gasteiger partial charge in [-0.05, 0) is 66.1 Å². The highest BCUT2D eigenvalue weighted by Crippen LogP contribution is 2.36. The third-order valence-corrected chi connectivity index (χ3v) is 9.98. The number of amides is 4. The molecular formula is C39H35N7O7. The van der Waals surface area contributed by atoms with E-state index in [2.05, 4.69) is 57.0 Å². The van der Waals surface area contributed by atoms with E-state index in [0.717, 1.165) is 34.6 Å². The molecule has 0 radical (unpaired) electrons. The minimum atomic E-state index is -0.991. The molecule has 0 spiro atoms. The number of nitrogens with one attached hydrogen (secondary N) is 2. The van der Waals surface area contributed by atoms with Crippen molar-refractivity contribution in [2.24, 2.45) is 0 Å². The summed E-state index contributed by atoms with van der Waals surface area (Å²) in [5.74, 6) is 0.513. The number of rotatable bonds is 10. The van der Waals surface area contributed by atoms with Crippen LogP contribution in [0.3, 0.4) is 0 Å². The maximum atomic E-state index is 13.2. The van der Waals surface area contributed by atoms with Crippen LogP contribution in [0.4, 0.5) is 5.69 Å². The highest BCUT2D eigenvalue weighted by Gasteiger charge is 2.45. The van der Waals surface area contributed by atoms with E-state index < -0.39 is 29.7 Å². The summed E-state index contributed by atoms with van der Waals surface area (Å²) < 4.78 is 17.2. The minimum Gasteiger partial charge on any atom is -0.490 e. The van der Waals surface area contributed by atoms with E-state index in [0.29, 0.717) is 34.7 Å². The predicted molar refractivity (Wildman–Crippen MR) is 189 cm³/mol. The summed E-state index contributed by atoms with van der Waals surface area (Å²) in [5, 5.41) is 17.8. The molecule has 8 rings (SSSR count). The molecule has 4 amide bonds. The molecule has 0 bridgehead atoms. The first-order valence-corrected chi connectivity index (χ1v) is 17.3. The monoisotopic (exact) mass is 713 g/mol. The molecule has 1 atom stereocenters. The van der Waals surface area contributed by atoms with Gasteiger partial charge in [-0.1, -0.05) is 43.3 Å². The van der Waals surface area contributed by atoms with Crippen molar-refractivity contribution in [3.05, 3.63) is 107 Å². The van der Waals surface area contributed by atoms with Crippen LogP contribution in [0.25, 0.3) is 11.5 Å². The van der Waals surface area contributed by atoms with Gasteiger partial charge >= 0.3 is 0 Å². The maximum absolute atomic E-state index is 13.2. The summed E-state index contributed by atoms with van der Waals surface area (Å²) in [6, 6.07) is 23.6. The number of aromatic nitrogens is 4. The lowest BCUT2D eigenvalue weighted by Crippen LogP contribution is -2.54. The van der Waals surface area contributed by atoms with Gasteiger partial charge in [0.1, 0.15) is 29.3 Å². The Labute approximate surface area is 303 Å². The van der Waals surface area contributed by atoms with Crippen LogP contribution in [-0.2, 0) is 15.0 Å². The Kier molecular flexibility index (Phi) is 8.44. The third kappa shape index (κ3) is 6.59. The number of ether oxygens (including phenoxy) is 2. The van der Waals surface area contributed by atoms with E-state index in [4.69, 9.17) is 14.0 Å². The summed E-state index contributed by atoms with van der Waals surface area (Å²) >= 11 is 0. The van der Waals surface area contributed by atoms with Crippen molar-refractivity contribution in [3.8, 4) is 28.9 Å². The number of nitrogens with zero attached hydrogens (tertiary/aromatic N) is 5. The lowest BCUT2D eigenvalue weighted by atomic mass is 9.78. The molecule has 1 unspecified atom stereocenters. The van der Waals surface area contributed by atoms with Crippen LogP contribution in [0.1, 0.15) is 77.3 Å². The summed E-state index contributed by atoms with van der Waals surface area (Å²) in [6.07, 6.45) is 1.76. The Morgan fingerprint density at radius 3 is 2.19 bits per heavy atom. The molecule has 14 nitrogen and oxygen atoms in total. The number of hydrogen-bond donors (Lipinski definition) is 2. The molecule has 2 fully saturated rings. The lowest BCUT2D eigenvalue weighted by molar-refractivity contribution is -0.136. The SMILES string of the molecule is Cc1nc(-c2ccc(Oc3ccc(C(C)(C)c4ccc(OC5CC(Nc6ccc7c(c6)C(=O)N(C6CCC(=O)NC6=O)C7=O)C5)cc4)cc3)nn2)no1. The van der Waals surface area contributed by atoms with E-state index in [9.17, 15) is 19.2 Å². The zero-order chi connectivity index (χ0) is 36.9. The fraction of sp³-hybridized carbons (Fsp3) is 0.282. The number of benzene rings is 3. The smallest absolute Gasteiger partial charge is 0.262 e. The normalized spacial score (nSPS) is 19.8. The number of fused-ring (bicyclic) bond motifs is 1. The van der Waals surface area contributed by atoms with E-state index in [-0.39, 0.29) is 41.5 Å². The van der Waals surface area contributed by atoms with Gasteiger partial charge in [-0.15, -0.1) is 10.2 Å². The Morgan fingerprint density at radius 2 is 1.55 bits per heavy atom. The molecule has 3 aliphatic rings. The van der Waals surface area contributed by atoms with Crippen molar-refractivity contribution in [1.29, 1.82) is 0 Å². The Morgan fingerprint density at radius 1 is 0.849 bits per heavy atom. The van der Waals surface area contributed by atoms with Crippen LogP contribution >= 0.6 is 0 Å². The van der Waals surface area contributed by atoms with E-state index in [1.54, 1.807) is 37.3 Å². The van der Waals surface area contributed by atoms with Crippen molar-refractivity contribution in [2.75, 3.05) is 5.32 Å². The van der Waals surface area contributed by atoms with Gasteiger partial charge in [0.15, 0.2) is 0 Å². The zero-order valence-electron chi connectivity index (χ0n) is 29.2. The average molecular weight is 714 g/mol. The maximum Gasteiger partial charge on any atom is 0.262 e. The van der Waals surface area contributed by atoms with Gasteiger partial charge in [-0.2, -0.15) is 4.98 Å². The van der Waals surface area contributed by atoms with Crippen molar-refractivity contribution >= 4 is 29.3 Å². The van der Waals surface area contributed by atoms with Crippen LogP contribution in [0.2, 0.25) is 0 Å². The number of aryl methyl sites for hydroxylation is 1. The van der Waals surface area contributed by atoms with Crippen molar-refractivity contribution in [1.82, 2.24) is 30.6 Å². The standard InChI is InChI=1S/C39H35N7O7/c1-21-40-35(45-53-21)31-14-17-34(44-43-31)52-27-11-6-23(7-12-27)39(2,3)22-4-9-26(10-5-22)51-28-18-25(19-28)41-24-8-13-29-30(20-24)38(50)46(37(29)49)32-15-16-33(47)42-36(32)48/h4-14,17,20,25,28,32,41H,15-16,18-19H2,1-3H3,(H,42,47,48). The molecule has 2 N–H and O–H groups in total. The van der Waals surface area contributed by atoms with Gasteiger partial charge in [0, 0.05) is 49.4 Å². The number of imide groups is 2. The zero-order valence-corrected chi connectivity index (χ0v) is 29.2. The Bertz CT molecular complexity index is 2230. The van der Waals surface area contributed by atoms with E-state index in [1.165, 1.54) is 0 Å². The second-order valence-electron chi connectivity index (χ2n) is 13.9. The number of carbonyl (C=O) groups is 4. The molecular weight excluding hydrogens is 678 g/mol. The molecule has 14 heteroatoms. The highest BCUT2D eigenvalue weighted by molar-refractivity contribution is 6.23. The first kappa shape index (κ1) is 33.7. The Hall–Kier alpha value is -6.44. The van der Waals surface area contributed by atoms with Crippen molar-refractivity contribution < 1.29 is 33.2 Å². The van der Waals surface area contributed by atoms with E-state index in [1.807, 2.05) is 36.4 Å². The van der Waals surface area contributed by atoms with Gasteiger partial charge in [0.05, 0.1) is 11.1 Å². The molecule has 4 heterocycles. The molecule has 1 saturated heterocycles. The Balaban J connectivity index is 0.829. The lowest BCUT2D eigenvalue weighted by Gasteiger charge is -2.36. The van der Waals surface area contributed by atoms with Gasteiger partial charge < -0.3 is 19.3 Å². The molecule has 5 aromatic rings.